The van der Waals surface area contributed by atoms with Crippen LogP contribution >= 0.6 is 0 Å². The summed E-state index contributed by atoms with van der Waals surface area (Å²) in [7, 11) is 0. The number of hydrogen-bond acceptors (Lipinski definition) is 10. The van der Waals surface area contributed by atoms with Gasteiger partial charge in [-0.25, -0.2) is 9.78 Å². The molecular formula is C21H28N8O5. The van der Waals surface area contributed by atoms with Crippen molar-refractivity contribution in [1.82, 2.24) is 30.6 Å². The number of anilines is 1. The third-order valence-electron chi connectivity index (χ3n) is 7.22. The number of carbonyl (C=O) groups excluding carboxylic acids is 1. The lowest BCUT2D eigenvalue weighted by atomic mass is 9.55. The molecule has 182 valence electrons. The van der Waals surface area contributed by atoms with Gasteiger partial charge in [0.25, 0.3) is 11.7 Å². The Hall–Kier alpha value is -3.35. The molecule has 4 bridgehead atoms. The van der Waals surface area contributed by atoms with Gasteiger partial charge in [-0.3, -0.25) is 4.79 Å². The van der Waals surface area contributed by atoms with Gasteiger partial charge in [0, 0.05) is 13.1 Å². The summed E-state index contributed by atoms with van der Waals surface area (Å²) in [5, 5.41) is 21.3. The molecule has 0 spiro atoms. The molecule has 0 unspecified atom stereocenters. The van der Waals surface area contributed by atoms with Crippen LogP contribution in [0.1, 0.15) is 53.1 Å². The van der Waals surface area contributed by atoms with Gasteiger partial charge in [0.05, 0.1) is 19.4 Å². The number of nitrogens with one attached hydrogen (secondary N) is 1. The first kappa shape index (κ1) is 22.4. The zero-order valence-electron chi connectivity index (χ0n) is 18.7. The SMILES string of the molecule is NC(=O)c1nn[nH]n1.O=C(O)c1cnc(N2CCOCC2)nc1OC1C2CC3CC(C2)CC1C3. The first-order valence-corrected chi connectivity index (χ1v) is 11.6. The summed E-state index contributed by atoms with van der Waals surface area (Å²) in [6.45, 7) is 2.69. The van der Waals surface area contributed by atoms with Crippen molar-refractivity contribution in [2.75, 3.05) is 31.2 Å². The molecule has 4 N–H and O–H groups in total. The van der Waals surface area contributed by atoms with E-state index in [0.717, 1.165) is 11.8 Å². The number of aromatic carboxylic acids is 1. The van der Waals surface area contributed by atoms with Crippen LogP contribution in [0.5, 0.6) is 5.88 Å². The van der Waals surface area contributed by atoms with Gasteiger partial charge in [-0.05, 0) is 61.0 Å². The zero-order chi connectivity index (χ0) is 23.7. The highest BCUT2D eigenvalue weighted by atomic mass is 16.5. The van der Waals surface area contributed by atoms with E-state index in [0.29, 0.717) is 44.1 Å². The van der Waals surface area contributed by atoms with E-state index in [1.165, 1.54) is 38.3 Å². The Morgan fingerprint density at radius 2 is 1.79 bits per heavy atom. The maximum atomic E-state index is 11.7. The number of hydrogen-bond donors (Lipinski definition) is 3. The Kier molecular flexibility index (Phi) is 6.26. The molecule has 4 saturated carbocycles. The van der Waals surface area contributed by atoms with E-state index in [1.807, 2.05) is 4.90 Å². The highest BCUT2D eigenvalue weighted by Gasteiger charge is 2.49. The number of tetrazole rings is 1. The Morgan fingerprint density at radius 3 is 2.32 bits per heavy atom. The van der Waals surface area contributed by atoms with Crippen molar-refractivity contribution in [3.63, 3.8) is 0 Å². The Balaban J connectivity index is 0.000000257. The van der Waals surface area contributed by atoms with Crippen LogP contribution in [-0.4, -0.2) is 80.0 Å². The van der Waals surface area contributed by atoms with Gasteiger partial charge in [-0.2, -0.15) is 10.2 Å². The molecular weight excluding hydrogens is 444 g/mol. The fraction of sp³-hybridized carbons (Fsp3) is 0.667. The summed E-state index contributed by atoms with van der Waals surface area (Å²) in [4.78, 5) is 32.6. The first-order valence-electron chi connectivity index (χ1n) is 11.6. The number of nitrogens with zero attached hydrogens (tertiary/aromatic N) is 6. The van der Waals surface area contributed by atoms with Crippen LogP contribution in [0.3, 0.4) is 0 Å². The van der Waals surface area contributed by atoms with Crippen molar-refractivity contribution in [1.29, 1.82) is 0 Å². The van der Waals surface area contributed by atoms with Crippen LogP contribution in [-0.2, 0) is 4.74 Å². The van der Waals surface area contributed by atoms with Crippen molar-refractivity contribution < 1.29 is 24.2 Å². The van der Waals surface area contributed by atoms with E-state index < -0.39 is 11.9 Å². The molecule has 1 saturated heterocycles. The quantitative estimate of drug-likeness (QED) is 0.551. The van der Waals surface area contributed by atoms with Crippen molar-refractivity contribution >= 4 is 17.8 Å². The van der Waals surface area contributed by atoms with Crippen LogP contribution in [0, 0.1) is 23.7 Å². The molecule has 34 heavy (non-hydrogen) atoms. The van der Waals surface area contributed by atoms with E-state index in [-0.39, 0.29) is 23.4 Å². The molecule has 13 heteroatoms. The molecule has 1 amide bonds. The third kappa shape index (κ3) is 4.65. The lowest BCUT2D eigenvalue weighted by molar-refractivity contribution is -0.0807. The second-order valence-corrected chi connectivity index (χ2v) is 9.41. The van der Waals surface area contributed by atoms with Crippen molar-refractivity contribution in [2.45, 2.75) is 38.2 Å². The minimum atomic E-state index is -1.03. The van der Waals surface area contributed by atoms with E-state index in [2.05, 4.69) is 30.6 Å². The van der Waals surface area contributed by atoms with E-state index >= 15 is 0 Å². The lowest BCUT2D eigenvalue weighted by Gasteiger charge is -2.53. The van der Waals surface area contributed by atoms with Crippen molar-refractivity contribution in [3.8, 4) is 5.88 Å². The van der Waals surface area contributed by atoms with Gasteiger partial charge in [-0.1, -0.05) is 0 Å². The van der Waals surface area contributed by atoms with E-state index in [1.54, 1.807) is 0 Å². The second kappa shape index (κ2) is 9.49. The summed E-state index contributed by atoms with van der Waals surface area (Å²) in [6, 6.07) is 0. The number of morpholine rings is 1. The fourth-order valence-electron chi connectivity index (χ4n) is 5.97. The molecule has 2 aromatic rings. The fourth-order valence-corrected chi connectivity index (χ4v) is 5.97. The number of carboxylic acids is 1. The largest absolute Gasteiger partial charge is 0.477 e. The molecule has 2 aromatic heterocycles. The molecule has 1 aliphatic heterocycles. The minimum absolute atomic E-state index is 0.0656. The number of primary amides is 1. The summed E-state index contributed by atoms with van der Waals surface area (Å²) >= 11 is 0. The lowest BCUT2D eigenvalue weighted by Crippen LogP contribution is -2.51. The van der Waals surface area contributed by atoms with Gasteiger partial charge in [0.1, 0.15) is 11.7 Å². The number of amides is 1. The Bertz CT molecular complexity index is 998. The number of rotatable bonds is 5. The predicted molar refractivity (Wildman–Crippen MR) is 116 cm³/mol. The summed E-state index contributed by atoms with van der Waals surface area (Å²) < 4.78 is 11.7. The number of aromatic nitrogens is 6. The number of aromatic amines is 1. The molecule has 0 radical (unpaired) electrons. The smallest absolute Gasteiger partial charge is 0.342 e. The number of ether oxygens (including phenoxy) is 2. The number of carboxylic acid groups (broad SMARTS) is 1. The van der Waals surface area contributed by atoms with Gasteiger partial charge in [-0.15, -0.1) is 10.2 Å². The summed E-state index contributed by atoms with van der Waals surface area (Å²) in [5.41, 5.74) is 4.80. The maximum Gasteiger partial charge on any atom is 0.342 e. The summed E-state index contributed by atoms with van der Waals surface area (Å²) in [5.74, 6) is 1.78. The second-order valence-electron chi connectivity index (χ2n) is 9.41. The standard InChI is InChI=1S/C19H25N3O4.C2H3N5O/c23-18(24)15-10-20-19(22-1-3-25-4-2-22)21-17(15)26-16-13-6-11-5-12(8-13)9-14(16)7-11;3-1(8)2-4-6-7-5-2/h10-14,16H,1-9H2,(H,23,24);(H2,3,8)(H,4,5,6,7). The van der Waals surface area contributed by atoms with E-state index in [9.17, 15) is 14.7 Å². The number of H-pyrrole nitrogens is 1. The van der Waals surface area contributed by atoms with Gasteiger partial charge in [0.15, 0.2) is 0 Å². The van der Waals surface area contributed by atoms with Crippen molar-refractivity contribution in [2.24, 2.45) is 29.4 Å². The molecule has 0 aromatic carbocycles. The zero-order valence-corrected chi connectivity index (χ0v) is 18.7. The Labute approximate surface area is 195 Å². The molecule has 4 aliphatic carbocycles. The predicted octanol–water partition coefficient (Wildman–Crippen LogP) is 0.514. The van der Waals surface area contributed by atoms with Crippen LogP contribution in [0.4, 0.5) is 5.95 Å². The minimum Gasteiger partial charge on any atom is -0.477 e. The highest BCUT2D eigenvalue weighted by Crippen LogP contribution is 2.54. The monoisotopic (exact) mass is 472 g/mol. The van der Waals surface area contributed by atoms with Crippen molar-refractivity contribution in [3.05, 3.63) is 17.6 Å². The summed E-state index contributed by atoms with van der Waals surface area (Å²) in [6.07, 6.45) is 7.78. The highest BCUT2D eigenvalue weighted by molar-refractivity contribution is 5.90. The molecule has 5 aliphatic rings. The van der Waals surface area contributed by atoms with Crippen LogP contribution in [0.2, 0.25) is 0 Å². The molecule has 5 fully saturated rings. The van der Waals surface area contributed by atoms with Crippen LogP contribution in [0.25, 0.3) is 0 Å². The van der Waals surface area contributed by atoms with Crippen LogP contribution < -0.4 is 15.4 Å². The Morgan fingerprint density at radius 1 is 1.12 bits per heavy atom. The number of carbonyl (C=O) groups is 2. The molecule has 3 heterocycles. The van der Waals surface area contributed by atoms with Crippen LogP contribution in [0.15, 0.2) is 6.20 Å². The topological polar surface area (TPSA) is 182 Å². The average Bonchev–Trinajstić information content (AvgIpc) is 3.37. The van der Waals surface area contributed by atoms with Gasteiger partial charge >= 0.3 is 5.97 Å². The van der Waals surface area contributed by atoms with Gasteiger partial charge < -0.3 is 25.2 Å². The number of nitrogens with two attached hydrogens (primary N) is 1. The molecule has 7 rings (SSSR count). The van der Waals surface area contributed by atoms with E-state index in [4.69, 9.17) is 15.2 Å². The molecule has 0 atom stereocenters. The first-order chi connectivity index (χ1) is 16.5. The average molecular weight is 473 g/mol. The maximum absolute atomic E-state index is 11.7. The third-order valence-corrected chi connectivity index (χ3v) is 7.22. The molecule has 13 nitrogen and oxygen atoms in total. The van der Waals surface area contributed by atoms with Gasteiger partial charge in [0.2, 0.25) is 11.8 Å². The normalized spacial score (nSPS) is 29.3.